The highest BCUT2D eigenvalue weighted by molar-refractivity contribution is 14.1. The number of carboxylic acid groups (broad SMARTS) is 1. The Balaban J connectivity index is 1.78. The average Bonchev–Trinajstić information content (AvgIpc) is 2.90. The predicted molar refractivity (Wildman–Crippen MR) is 102 cm³/mol. The van der Waals surface area contributed by atoms with Gasteiger partial charge in [0.25, 0.3) is 11.8 Å². The summed E-state index contributed by atoms with van der Waals surface area (Å²) < 4.78 is 6.06. The van der Waals surface area contributed by atoms with Gasteiger partial charge < -0.3 is 9.84 Å². The van der Waals surface area contributed by atoms with Crippen LogP contribution < -0.4 is 15.2 Å². The Morgan fingerprint density at radius 1 is 1.12 bits per heavy atom. The molecule has 2 aromatic carbocycles. The van der Waals surface area contributed by atoms with Gasteiger partial charge in [0.05, 0.1) is 5.69 Å². The Kier molecular flexibility index (Phi) is 5.21. The van der Waals surface area contributed by atoms with Gasteiger partial charge in [-0.1, -0.05) is 12.1 Å². The number of benzene rings is 2. The van der Waals surface area contributed by atoms with E-state index < -0.39 is 24.4 Å². The zero-order valence-electron chi connectivity index (χ0n) is 13.3. The van der Waals surface area contributed by atoms with Gasteiger partial charge in [-0.3, -0.25) is 15.0 Å². The molecule has 1 aliphatic rings. The number of carbonyl (C=O) groups is 3. The highest BCUT2D eigenvalue weighted by Gasteiger charge is 2.34. The Labute approximate surface area is 162 Å². The van der Waals surface area contributed by atoms with Crippen molar-refractivity contribution in [2.75, 3.05) is 11.6 Å². The van der Waals surface area contributed by atoms with E-state index in [2.05, 4.69) is 28.0 Å². The minimum Gasteiger partial charge on any atom is -0.482 e. The van der Waals surface area contributed by atoms with Crippen LogP contribution in [0.15, 0.2) is 54.1 Å². The van der Waals surface area contributed by atoms with E-state index in [1.54, 1.807) is 36.4 Å². The number of hydrogen-bond donors (Lipinski definition) is 2. The van der Waals surface area contributed by atoms with E-state index in [1.165, 1.54) is 11.1 Å². The molecule has 26 heavy (non-hydrogen) atoms. The minimum absolute atomic E-state index is 0.0164. The number of aliphatic carboxylic acids is 1. The van der Waals surface area contributed by atoms with Gasteiger partial charge in [-0.15, -0.1) is 0 Å². The number of hydrazine groups is 1. The number of amides is 2. The Morgan fingerprint density at radius 2 is 1.77 bits per heavy atom. The maximum atomic E-state index is 12.5. The summed E-state index contributed by atoms with van der Waals surface area (Å²) in [5, 5.41) is 9.79. The molecular weight excluding hydrogens is 451 g/mol. The van der Waals surface area contributed by atoms with E-state index in [0.717, 1.165) is 3.57 Å². The normalized spacial score (nSPS) is 15.3. The van der Waals surface area contributed by atoms with E-state index >= 15 is 0 Å². The Hall–Kier alpha value is -2.88. The van der Waals surface area contributed by atoms with Crippen LogP contribution in [0.1, 0.15) is 5.56 Å². The van der Waals surface area contributed by atoms with Crippen LogP contribution in [0, 0.1) is 3.57 Å². The van der Waals surface area contributed by atoms with Crippen LogP contribution in [-0.2, 0) is 14.4 Å². The van der Waals surface area contributed by atoms with Crippen LogP contribution in [0.3, 0.4) is 0 Å². The number of halogens is 1. The molecule has 7 nitrogen and oxygen atoms in total. The van der Waals surface area contributed by atoms with Gasteiger partial charge in [-0.05, 0) is 70.6 Å². The van der Waals surface area contributed by atoms with Gasteiger partial charge in [0.2, 0.25) is 0 Å². The molecule has 0 aromatic heterocycles. The van der Waals surface area contributed by atoms with E-state index in [1.807, 2.05) is 12.1 Å². The number of hydrogen-bond acceptors (Lipinski definition) is 4. The first-order chi connectivity index (χ1) is 12.4. The number of rotatable bonds is 5. The summed E-state index contributed by atoms with van der Waals surface area (Å²) in [7, 11) is 0. The number of nitrogens with zero attached hydrogens (tertiary/aromatic N) is 1. The largest absolute Gasteiger partial charge is 0.482 e. The van der Waals surface area contributed by atoms with Crippen LogP contribution in [0.5, 0.6) is 5.75 Å². The van der Waals surface area contributed by atoms with Gasteiger partial charge >= 0.3 is 5.97 Å². The number of carboxylic acids is 1. The molecule has 0 aliphatic carbocycles. The van der Waals surface area contributed by atoms with Gasteiger partial charge in [0.1, 0.15) is 11.3 Å². The first-order valence-corrected chi connectivity index (χ1v) is 8.59. The summed E-state index contributed by atoms with van der Waals surface area (Å²) in [6.45, 7) is -0.438. The summed E-state index contributed by atoms with van der Waals surface area (Å²) in [5.74, 6) is -1.61. The van der Waals surface area contributed by atoms with E-state index in [-0.39, 0.29) is 5.57 Å². The van der Waals surface area contributed by atoms with E-state index in [9.17, 15) is 14.4 Å². The van der Waals surface area contributed by atoms with Crippen molar-refractivity contribution in [1.29, 1.82) is 0 Å². The van der Waals surface area contributed by atoms with Crippen molar-refractivity contribution in [3.63, 3.8) is 0 Å². The van der Waals surface area contributed by atoms with Gasteiger partial charge in [-0.2, -0.15) is 0 Å². The molecule has 1 fully saturated rings. The van der Waals surface area contributed by atoms with Crippen LogP contribution in [0.4, 0.5) is 5.69 Å². The van der Waals surface area contributed by atoms with Gasteiger partial charge in [0.15, 0.2) is 6.61 Å². The smallest absolute Gasteiger partial charge is 0.341 e. The van der Waals surface area contributed by atoms with Crippen molar-refractivity contribution in [1.82, 2.24) is 5.43 Å². The first-order valence-electron chi connectivity index (χ1n) is 7.51. The van der Waals surface area contributed by atoms with Crippen LogP contribution in [0.25, 0.3) is 6.08 Å². The fourth-order valence-electron chi connectivity index (χ4n) is 2.30. The molecule has 2 amide bonds. The lowest BCUT2D eigenvalue weighted by atomic mass is 10.1. The zero-order chi connectivity index (χ0) is 18.7. The molecule has 0 saturated carbocycles. The second kappa shape index (κ2) is 7.56. The first kappa shape index (κ1) is 17.9. The molecule has 3 rings (SSSR count). The molecule has 0 atom stereocenters. The fraction of sp³-hybridized carbons (Fsp3) is 0.0556. The third-order valence-corrected chi connectivity index (χ3v) is 4.25. The van der Waals surface area contributed by atoms with Crippen molar-refractivity contribution >= 4 is 52.1 Å². The molecule has 2 N–H and O–H groups in total. The summed E-state index contributed by atoms with van der Waals surface area (Å²) in [6.07, 6.45) is 1.48. The second-order valence-electron chi connectivity index (χ2n) is 5.37. The summed E-state index contributed by atoms with van der Waals surface area (Å²) in [6, 6.07) is 13.6. The molecule has 1 saturated heterocycles. The SMILES string of the molecule is O=C(O)COc1ccc(C=C2C(=O)NN(c3ccc(I)cc3)C2=O)cc1. The monoisotopic (exact) mass is 464 g/mol. The Morgan fingerprint density at radius 3 is 2.38 bits per heavy atom. The van der Waals surface area contributed by atoms with Crippen molar-refractivity contribution in [2.45, 2.75) is 0 Å². The third-order valence-electron chi connectivity index (χ3n) is 3.53. The van der Waals surface area contributed by atoms with Crippen LogP contribution >= 0.6 is 22.6 Å². The molecule has 0 unspecified atom stereocenters. The predicted octanol–water partition coefficient (Wildman–Crippen LogP) is 2.22. The quantitative estimate of drug-likeness (QED) is 0.402. The number of anilines is 1. The number of carbonyl (C=O) groups excluding carboxylic acids is 2. The maximum Gasteiger partial charge on any atom is 0.341 e. The number of nitrogens with one attached hydrogen (secondary N) is 1. The van der Waals surface area contributed by atoms with Gasteiger partial charge in [-0.25, -0.2) is 9.80 Å². The van der Waals surface area contributed by atoms with Gasteiger partial charge in [0, 0.05) is 3.57 Å². The maximum absolute atomic E-state index is 12.5. The molecule has 132 valence electrons. The van der Waals surface area contributed by atoms with E-state index in [0.29, 0.717) is 17.0 Å². The minimum atomic E-state index is -1.07. The fourth-order valence-corrected chi connectivity index (χ4v) is 2.66. The molecule has 2 aromatic rings. The summed E-state index contributed by atoms with van der Waals surface area (Å²) in [5.41, 5.74) is 3.75. The molecule has 0 radical (unpaired) electrons. The summed E-state index contributed by atoms with van der Waals surface area (Å²) in [4.78, 5) is 35.2. The molecule has 8 heteroatoms. The molecule has 0 bridgehead atoms. The highest BCUT2D eigenvalue weighted by Crippen LogP contribution is 2.23. The zero-order valence-corrected chi connectivity index (χ0v) is 15.5. The topological polar surface area (TPSA) is 95.9 Å². The lowest BCUT2D eigenvalue weighted by Gasteiger charge is -2.14. The van der Waals surface area contributed by atoms with E-state index in [4.69, 9.17) is 9.84 Å². The molecule has 0 spiro atoms. The summed E-state index contributed by atoms with van der Waals surface area (Å²) >= 11 is 2.16. The van der Waals surface area contributed by atoms with Crippen LogP contribution in [0.2, 0.25) is 0 Å². The average molecular weight is 464 g/mol. The van der Waals surface area contributed by atoms with Crippen molar-refractivity contribution in [3.05, 3.63) is 63.2 Å². The van der Waals surface area contributed by atoms with Crippen molar-refractivity contribution in [2.24, 2.45) is 0 Å². The lowest BCUT2D eigenvalue weighted by molar-refractivity contribution is -0.139. The molecular formula is C18H13IN2O5. The highest BCUT2D eigenvalue weighted by atomic mass is 127. The lowest BCUT2D eigenvalue weighted by Crippen LogP contribution is -2.35. The third kappa shape index (κ3) is 4.02. The number of ether oxygens (including phenoxy) is 1. The van der Waals surface area contributed by atoms with Crippen LogP contribution in [-0.4, -0.2) is 29.5 Å². The standard InChI is InChI=1S/C18H13IN2O5/c19-12-3-5-13(6-4-12)21-18(25)15(17(24)20-21)9-11-1-7-14(8-2-11)26-10-16(22)23/h1-9H,10H2,(H,20,24)(H,22,23). The van der Waals surface area contributed by atoms with Crippen molar-refractivity contribution in [3.8, 4) is 5.75 Å². The van der Waals surface area contributed by atoms with Crippen molar-refractivity contribution < 1.29 is 24.2 Å². The second-order valence-corrected chi connectivity index (χ2v) is 6.61. The molecule has 1 aliphatic heterocycles. The Bertz CT molecular complexity index is 891. The molecule has 1 heterocycles.